The van der Waals surface area contributed by atoms with Crippen molar-refractivity contribution in [2.75, 3.05) is 0 Å². The molecule has 0 fully saturated rings. The van der Waals surface area contributed by atoms with Gasteiger partial charge in [0.25, 0.3) is 0 Å². The summed E-state index contributed by atoms with van der Waals surface area (Å²) in [4.78, 5) is 11.4. The summed E-state index contributed by atoms with van der Waals surface area (Å²) in [6.07, 6.45) is -2.65. The lowest BCUT2D eigenvalue weighted by Crippen LogP contribution is -2.06. The van der Waals surface area contributed by atoms with E-state index in [1.54, 1.807) is 22.9 Å². The monoisotopic (exact) mass is 397 g/mol. The van der Waals surface area contributed by atoms with Crippen molar-refractivity contribution in [1.29, 1.82) is 0 Å². The maximum Gasteiger partial charge on any atom is 0.416 e. The van der Waals surface area contributed by atoms with Gasteiger partial charge in [0.1, 0.15) is 0 Å². The highest BCUT2D eigenvalue weighted by Crippen LogP contribution is 2.31. The van der Waals surface area contributed by atoms with Crippen LogP contribution >= 0.6 is 15.9 Å². The standard InChI is InChI=1S/C17H11BrF3NO2/c18-14-6-5-13(16(23)24)15-12(14)7-8-22(15)9-10-1-3-11(4-2-10)17(19,20)21/h1-8H,9H2,(H,23,24). The Hall–Kier alpha value is -2.28. The molecule has 0 aliphatic rings. The lowest BCUT2D eigenvalue weighted by Gasteiger charge is -2.10. The molecule has 0 unspecified atom stereocenters. The fourth-order valence-electron chi connectivity index (χ4n) is 2.59. The Bertz CT molecular complexity index is 914. The Morgan fingerprint density at radius 2 is 1.75 bits per heavy atom. The van der Waals surface area contributed by atoms with Gasteiger partial charge in [-0.25, -0.2) is 4.79 Å². The first kappa shape index (κ1) is 16.6. The van der Waals surface area contributed by atoms with Crippen LogP contribution in [0.25, 0.3) is 10.9 Å². The molecule has 7 heteroatoms. The maximum absolute atomic E-state index is 12.6. The van der Waals surface area contributed by atoms with Gasteiger partial charge in [0.15, 0.2) is 0 Å². The Morgan fingerprint density at radius 1 is 1.08 bits per heavy atom. The highest BCUT2D eigenvalue weighted by atomic mass is 79.9. The molecule has 0 saturated carbocycles. The minimum atomic E-state index is -4.37. The quantitative estimate of drug-likeness (QED) is 0.662. The van der Waals surface area contributed by atoms with Gasteiger partial charge in [-0.2, -0.15) is 13.2 Å². The first-order chi connectivity index (χ1) is 11.3. The van der Waals surface area contributed by atoms with Crippen LogP contribution in [0.2, 0.25) is 0 Å². The van der Waals surface area contributed by atoms with Crippen LogP contribution in [-0.4, -0.2) is 15.6 Å². The third-order valence-electron chi connectivity index (χ3n) is 3.74. The molecule has 3 rings (SSSR count). The van der Waals surface area contributed by atoms with Crippen LogP contribution in [0.1, 0.15) is 21.5 Å². The lowest BCUT2D eigenvalue weighted by molar-refractivity contribution is -0.137. The average Bonchev–Trinajstić information content (AvgIpc) is 2.92. The van der Waals surface area contributed by atoms with Gasteiger partial charge in [-0.1, -0.05) is 28.1 Å². The van der Waals surface area contributed by atoms with E-state index in [0.29, 0.717) is 11.1 Å². The Labute approximate surface area is 143 Å². The number of hydrogen-bond acceptors (Lipinski definition) is 1. The molecule has 0 bridgehead atoms. The number of aromatic nitrogens is 1. The average molecular weight is 398 g/mol. The normalized spacial score (nSPS) is 11.8. The van der Waals surface area contributed by atoms with Crippen molar-refractivity contribution in [1.82, 2.24) is 4.57 Å². The van der Waals surface area contributed by atoms with Crippen molar-refractivity contribution in [3.05, 3.63) is 69.8 Å². The molecule has 2 aromatic carbocycles. The summed E-state index contributed by atoms with van der Waals surface area (Å²) in [6, 6.07) is 9.77. The maximum atomic E-state index is 12.6. The third kappa shape index (κ3) is 3.03. The molecule has 0 saturated heterocycles. The number of nitrogens with zero attached hydrogens (tertiary/aromatic N) is 1. The third-order valence-corrected chi connectivity index (χ3v) is 4.43. The van der Waals surface area contributed by atoms with Gasteiger partial charge in [0.2, 0.25) is 0 Å². The fraction of sp³-hybridized carbons (Fsp3) is 0.118. The van der Waals surface area contributed by atoms with E-state index < -0.39 is 17.7 Å². The molecule has 0 spiro atoms. The van der Waals surface area contributed by atoms with Crippen molar-refractivity contribution >= 4 is 32.8 Å². The summed E-state index contributed by atoms with van der Waals surface area (Å²) < 4.78 is 40.3. The Kier molecular flexibility index (Phi) is 4.13. The van der Waals surface area contributed by atoms with E-state index in [4.69, 9.17) is 0 Å². The predicted octanol–water partition coefficient (Wildman–Crippen LogP) is 5.17. The summed E-state index contributed by atoms with van der Waals surface area (Å²) in [5.41, 5.74) is 0.608. The molecular formula is C17H11BrF3NO2. The van der Waals surface area contributed by atoms with Crippen LogP contribution in [0.5, 0.6) is 0 Å². The van der Waals surface area contributed by atoms with Crippen LogP contribution in [0.15, 0.2) is 53.1 Å². The lowest BCUT2D eigenvalue weighted by atomic mass is 10.1. The molecule has 0 aliphatic carbocycles. The molecular weight excluding hydrogens is 387 g/mol. The summed E-state index contributed by atoms with van der Waals surface area (Å²) in [5, 5.41) is 10.1. The van der Waals surface area contributed by atoms with Crippen molar-refractivity contribution < 1.29 is 23.1 Å². The Morgan fingerprint density at radius 3 is 2.33 bits per heavy atom. The van der Waals surface area contributed by atoms with Crippen LogP contribution < -0.4 is 0 Å². The second kappa shape index (κ2) is 5.98. The number of hydrogen-bond donors (Lipinski definition) is 1. The van der Waals surface area contributed by atoms with Crippen molar-refractivity contribution in [3.63, 3.8) is 0 Å². The molecule has 0 radical (unpaired) electrons. The molecule has 1 heterocycles. The zero-order valence-electron chi connectivity index (χ0n) is 12.1. The number of carbonyl (C=O) groups is 1. The van der Waals surface area contributed by atoms with Gasteiger partial charge in [-0.05, 0) is 35.9 Å². The summed E-state index contributed by atoms with van der Waals surface area (Å²) >= 11 is 3.38. The highest BCUT2D eigenvalue weighted by Gasteiger charge is 2.29. The number of benzene rings is 2. The second-order valence-electron chi connectivity index (χ2n) is 5.30. The zero-order valence-corrected chi connectivity index (χ0v) is 13.7. The summed E-state index contributed by atoms with van der Waals surface area (Å²) in [5.74, 6) is -1.06. The van der Waals surface area contributed by atoms with E-state index in [1.165, 1.54) is 18.2 Å². The van der Waals surface area contributed by atoms with Crippen molar-refractivity contribution in [2.24, 2.45) is 0 Å². The predicted molar refractivity (Wildman–Crippen MR) is 87.1 cm³/mol. The van der Waals surface area contributed by atoms with E-state index in [9.17, 15) is 23.1 Å². The van der Waals surface area contributed by atoms with Gasteiger partial charge < -0.3 is 9.67 Å². The van der Waals surface area contributed by atoms with Crippen LogP contribution in [-0.2, 0) is 12.7 Å². The van der Waals surface area contributed by atoms with Crippen LogP contribution in [0.3, 0.4) is 0 Å². The highest BCUT2D eigenvalue weighted by molar-refractivity contribution is 9.10. The first-order valence-electron chi connectivity index (χ1n) is 6.94. The Balaban J connectivity index is 2.02. The van der Waals surface area contributed by atoms with E-state index in [-0.39, 0.29) is 12.1 Å². The van der Waals surface area contributed by atoms with Gasteiger partial charge in [0, 0.05) is 22.6 Å². The summed E-state index contributed by atoms with van der Waals surface area (Å²) in [7, 11) is 0. The van der Waals surface area contributed by atoms with Crippen LogP contribution in [0.4, 0.5) is 13.2 Å². The van der Waals surface area contributed by atoms with E-state index in [2.05, 4.69) is 15.9 Å². The number of alkyl halides is 3. The first-order valence-corrected chi connectivity index (χ1v) is 7.73. The molecule has 124 valence electrons. The molecule has 1 N–H and O–H groups in total. The van der Waals surface area contributed by atoms with Gasteiger partial charge in [-0.15, -0.1) is 0 Å². The molecule has 0 atom stereocenters. The number of rotatable bonds is 3. The summed E-state index contributed by atoms with van der Waals surface area (Å²) in [6.45, 7) is 0.276. The molecule has 3 aromatic rings. The van der Waals surface area contributed by atoms with Crippen molar-refractivity contribution in [2.45, 2.75) is 12.7 Å². The van der Waals surface area contributed by atoms with Crippen molar-refractivity contribution in [3.8, 4) is 0 Å². The molecule has 0 aliphatic heterocycles. The molecule has 0 amide bonds. The van der Waals surface area contributed by atoms with Gasteiger partial charge >= 0.3 is 12.1 Å². The fourth-order valence-corrected chi connectivity index (χ4v) is 3.04. The smallest absolute Gasteiger partial charge is 0.416 e. The number of carboxylic acid groups (broad SMARTS) is 1. The van der Waals surface area contributed by atoms with E-state index in [0.717, 1.165) is 22.0 Å². The van der Waals surface area contributed by atoms with Gasteiger partial charge in [-0.3, -0.25) is 0 Å². The molecule has 3 nitrogen and oxygen atoms in total. The number of halogens is 4. The van der Waals surface area contributed by atoms with E-state index >= 15 is 0 Å². The zero-order chi connectivity index (χ0) is 17.5. The topological polar surface area (TPSA) is 42.2 Å². The largest absolute Gasteiger partial charge is 0.478 e. The van der Waals surface area contributed by atoms with E-state index in [1.807, 2.05) is 0 Å². The SMILES string of the molecule is O=C(O)c1ccc(Br)c2ccn(Cc3ccc(C(F)(F)F)cc3)c12. The number of carboxylic acids is 1. The minimum Gasteiger partial charge on any atom is -0.478 e. The molecule has 1 aromatic heterocycles. The van der Waals surface area contributed by atoms with Gasteiger partial charge in [0.05, 0.1) is 16.6 Å². The van der Waals surface area contributed by atoms with Crippen LogP contribution in [0, 0.1) is 0 Å². The minimum absolute atomic E-state index is 0.144. The number of aromatic carboxylic acids is 1. The second-order valence-corrected chi connectivity index (χ2v) is 6.16. The molecule has 24 heavy (non-hydrogen) atoms. The number of fused-ring (bicyclic) bond motifs is 1.